The zero-order valence-electron chi connectivity index (χ0n) is 11.9. The molecule has 0 spiro atoms. The number of likely N-dealkylation sites (tertiary alicyclic amines) is 1. The second-order valence-electron chi connectivity index (χ2n) is 5.67. The summed E-state index contributed by atoms with van der Waals surface area (Å²) in [5.41, 5.74) is 7.18. The van der Waals surface area contributed by atoms with Crippen molar-refractivity contribution in [2.45, 2.75) is 45.2 Å². The number of carbonyl (C=O) groups excluding carboxylic acids is 1. The molecule has 0 radical (unpaired) electrons. The van der Waals surface area contributed by atoms with Crippen LogP contribution in [0.15, 0.2) is 30.3 Å². The van der Waals surface area contributed by atoms with E-state index in [0.717, 1.165) is 24.9 Å². The standard InChI is InChI=1S/C16H24N2O/c1-3-14-9-12(2)11-18(14)16(19)10-15(17)13-7-5-4-6-8-13/h4-8,12,14-15H,3,9-11,17H2,1-2H3. The van der Waals surface area contributed by atoms with Gasteiger partial charge in [0.15, 0.2) is 0 Å². The maximum Gasteiger partial charge on any atom is 0.224 e. The number of hydrogen-bond donors (Lipinski definition) is 1. The van der Waals surface area contributed by atoms with Crippen LogP contribution in [0.3, 0.4) is 0 Å². The molecule has 1 aromatic carbocycles. The summed E-state index contributed by atoms with van der Waals surface area (Å²) in [4.78, 5) is 14.4. The predicted octanol–water partition coefficient (Wildman–Crippen LogP) is 2.72. The SMILES string of the molecule is CCC1CC(C)CN1C(=O)CC(N)c1ccccc1. The van der Waals surface area contributed by atoms with Gasteiger partial charge in [-0.2, -0.15) is 0 Å². The molecule has 0 bridgehead atoms. The quantitative estimate of drug-likeness (QED) is 0.904. The molecule has 19 heavy (non-hydrogen) atoms. The molecule has 2 rings (SSSR count). The minimum Gasteiger partial charge on any atom is -0.339 e. The van der Waals surface area contributed by atoms with E-state index < -0.39 is 0 Å². The number of benzene rings is 1. The second-order valence-corrected chi connectivity index (χ2v) is 5.67. The summed E-state index contributed by atoms with van der Waals surface area (Å²) < 4.78 is 0. The molecule has 104 valence electrons. The average Bonchev–Trinajstić information content (AvgIpc) is 2.81. The maximum atomic E-state index is 12.4. The lowest BCUT2D eigenvalue weighted by atomic mass is 10.0. The molecule has 1 amide bonds. The number of nitrogens with zero attached hydrogens (tertiary/aromatic N) is 1. The number of nitrogens with two attached hydrogens (primary N) is 1. The normalized spacial score (nSPS) is 24.5. The van der Waals surface area contributed by atoms with Crippen LogP contribution < -0.4 is 5.73 Å². The fraction of sp³-hybridized carbons (Fsp3) is 0.562. The van der Waals surface area contributed by atoms with Crippen LogP contribution in [0.1, 0.15) is 44.7 Å². The zero-order valence-corrected chi connectivity index (χ0v) is 11.9. The molecule has 3 atom stereocenters. The lowest BCUT2D eigenvalue weighted by molar-refractivity contribution is -0.132. The number of amides is 1. The highest BCUT2D eigenvalue weighted by Gasteiger charge is 2.32. The smallest absolute Gasteiger partial charge is 0.224 e. The minimum absolute atomic E-state index is 0.192. The van der Waals surface area contributed by atoms with E-state index in [1.807, 2.05) is 35.2 Å². The third-order valence-corrected chi connectivity index (χ3v) is 4.04. The molecular formula is C16H24N2O. The van der Waals surface area contributed by atoms with Crippen molar-refractivity contribution in [2.24, 2.45) is 11.7 Å². The van der Waals surface area contributed by atoms with Crippen molar-refractivity contribution in [1.82, 2.24) is 4.90 Å². The molecule has 1 saturated heterocycles. The molecule has 0 aromatic heterocycles. The molecule has 3 heteroatoms. The van der Waals surface area contributed by atoms with Gasteiger partial charge in [-0.25, -0.2) is 0 Å². The summed E-state index contributed by atoms with van der Waals surface area (Å²) in [6, 6.07) is 10.1. The Morgan fingerprint density at radius 2 is 2.11 bits per heavy atom. The lowest BCUT2D eigenvalue weighted by Gasteiger charge is -2.25. The summed E-state index contributed by atoms with van der Waals surface area (Å²) in [5, 5.41) is 0. The van der Waals surface area contributed by atoms with E-state index in [9.17, 15) is 4.79 Å². The average molecular weight is 260 g/mol. The van der Waals surface area contributed by atoms with Crippen molar-refractivity contribution in [3.8, 4) is 0 Å². The first-order valence-electron chi connectivity index (χ1n) is 7.21. The zero-order chi connectivity index (χ0) is 13.8. The Labute approximate surface area is 115 Å². The first-order valence-corrected chi connectivity index (χ1v) is 7.21. The van der Waals surface area contributed by atoms with Gasteiger partial charge in [0, 0.05) is 25.0 Å². The second kappa shape index (κ2) is 6.20. The van der Waals surface area contributed by atoms with E-state index in [4.69, 9.17) is 5.73 Å². The van der Waals surface area contributed by atoms with Crippen LogP contribution >= 0.6 is 0 Å². The Balaban J connectivity index is 1.97. The number of carbonyl (C=O) groups is 1. The third-order valence-electron chi connectivity index (χ3n) is 4.04. The summed E-state index contributed by atoms with van der Waals surface area (Å²) in [6.45, 7) is 5.26. The van der Waals surface area contributed by atoms with Crippen molar-refractivity contribution < 1.29 is 4.79 Å². The van der Waals surface area contributed by atoms with Crippen molar-refractivity contribution in [1.29, 1.82) is 0 Å². The van der Waals surface area contributed by atoms with E-state index in [1.165, 1.54) is 0 Å². The van der Waals surface area contributed by atoms with Crippen molar-refractivity contribution >= 4 is 5.91 Å². The molecule has 1 fully saturated rings. The predicted molar refractivity (Wildman–Crippen MR) is 77.6 cm³/mol. The van der Waals surface area contributed by atoms with Gasteiger partial charge in [-0.15, -0.1) is 0 Å². The Morgan fingerprint density at radius 1 is 1.42 bits per heavy atom. The summed E-state index contributed by atoms with van der Waals surface area (Å²) >= 11 is 0. The monoisotopic (exact) mass is 260 g/mol. The van der Waals surface area contributed by atoms with Crippen molar-refractivity contribution in [3.05, 3.63) is 35.9 Å². The van der Waals surface area contributed by atoms with E-state index in [2.05, 4.69) is 13.8 Å². The molecule has 3 unspecified atom stereocenters. The molecule has 0 aliphatic carbocycles. The van der Waals surface area contributed by atoms with Gasteiger partial charge >= 0.3 is 0 Å². The molecular weight excluding hydrogens is 236 g/mol. The summed E-state index contributed by atoms with van der Waals surface area (Å²) in [7, 11) is 0. The molecule has 1 aliphatic heterocycles. The first kappa shape index (κ1) is 14.1. The van der Waals surface area contributed by atoms with Crippen LogP contribution in [0.5, 0.6) is 0 Å². The van der Waals surface area contributed by atoms with Gasteiger partial charge in [-0.1, -0.05) is 44.2 Å². The van der Waals surface area contributed by atoms with Gasteiger partial charge in [-0.05, 0) is 24.3 Å². The van der Waals surface area contributed by atoms with Gasteiger partial charge in [0.1, 0.15) is 0 Å². The minimum atomic E-state index is -0.192. The molecule has 1 aliphatic rings. The van der Waals surface area contributed by atoms with Crippen molar-refractivity contribution in [2.75, 3.05) is 6.54 Å². The maximum absolute atomic E-state index is 12.4. The van der Waals surface area contributed by atoms with Gasteiger partial charge in [0.25, 0.3) is 0 Å². The summed E-state index contributed by atoms with van der Waals surface area (Å²) in [6.07, 6.45) is 2.58. The van der Waals surface area contributed by atoms with E-state index in [1.54, 1.807) is 0 Å². The van der Waals surface area contributed by atoms with Crippen LogP contribution in [-0.2, 0) is 4.79 Å². The Bertz CT molecular complexity index is 418. The van der Waals surface area contributed by atoms with Crippen LogP contribution in [0.25, 0.3) is 0 Å². The van der Waals surface area contributed by atoms with Crippen LogP contribution in [-0.4, -0.2) is 23.4 Å². The lowest BCUT2D eigenvalue weighted by Crippen LogP contribution is -2.37. The van der Waals surface area contributed by atoms with Crippen LogP contribution in [0, 0.1) is 5.92 Å². The highest BCUT2D eigenvalue weighted by atomic mass is 16.2. The van der Waals surface area contributed by atoms with E-state index in [0.29, 0.717) is 18.4 Å². The number of rotatable bonds is 4. The van der Waals surface area contributed by atoms with Gasteiger partial charge in [-0.3, -0.25) is 4.79 Å². The Kier molecular flexibility index (Phi) is 4.59. The largest absolute Gasteiger partial charge is 0.339 e. The molecule has 3 nitrogen and oxygen atoms in total. The fourth-order valence-corrected chi connectivity index (χ4v) is 2.97. The highest BCUT2D eigenvalue weighted by Crippen LogP contribution is 2.27. The van der Waals surface area contributed by atoms with Gasteiger partial charge < -0.3 is 10.6 Å². The van der Waals surface area contributed by atoms with Crippen LogP contribution in [0.2, 0.25) is 0 Å². The Hall–Kier alpha value is -1.35. The van der Waals surface area contributed by atoms with Gasteiger partial charge in [0.2, 0.25) is 5.91 Å². The third kappa shape index (κ3) is 3.35. The first-order chi connectivity index (χ1) is 9.11. The number of hydrogen-bond acceptors (Lipinski definition) is 2. The Morgan fingerprint density at radius 3 is 2.74 bits per heavy atom. The molecule has 1 heterocycles. The molecule has 2 N–H and O–H groups in total. The van der Waals surface area contributed by atoms with Gasteiger partial charge in [0.05, 0.1) is 0 Å². The van der Waals surface area contributed by atoms with E-state index in [-0.39, 0.29) is 11.9 Å². The van der Waals surface area contributed by atoms with Crippen LogP contribution in [0.4, 0.5) is 0 Å². The highest BCUT2D eigenvalue weighted by molar-refractivity contribution is 5.77. The summed E-state index contributed by atoms with van der Waals surface area (Å²) in [5.74, 6) is 0.814. The van der Waals surface area contributed by atoms with Crippen molar-refractivity contribution in [3.63, 3.8) is 0 Å². The van der Waals surface area contributed by atoms with E-state index >= 15 is 0 Å². The topological polar surface area (TPSA) is 46.3 Å². The molecule has 1 aromatic rings. The molecule has 0 saturated carbocycles. The fourth-order valence-electron chi connectivity index (χ4n) is 2.97.